The zero-order chi connectivity index (χ0) is 17.7. The predicted molar refractivity (Wildman–Crippen MR) is 101 cm³/mol. The molecule has 2 N–H and O–H groups in total. The largest absolute Gasteiger partial charge is 0.485 e. The molecule has 1 amide bonds. The topological polar surface area (TPSA) is 64.7 Å². The summed E-state index contributed by atoms with van der Waals surface area (Å²) in [6.07, 6.45) is 0.711. The molecular weight excluding hydrogens is 324 g/mol. The highest BCUT2D eigenvalue weighted by Crippen LogP contribution is 2.42. The highest BCUT2D eigenvalue weighted by molar-refractivity contribution is 6.12. The van der Waals surface area contributed by atoms with E-state index < -0.39 is 5.91 Å². The number of fused-ring (bicyclic) bond motifs is 4. The van der Waals surface area contributed by atoms with Crippen molar-refractivity contribution in [3.8, 4) is 16.9 Å². The molecule has 3 aromatic rings. The van der Waals surface area contributed by atoms with Crippen LogP contribution in [0.3, 0.4) is 0 Å². The van der Waals surface area contributed by atoms with Gasteiger partial charge in [-0.15, -0.1) is 0 Å². The number of hydrogen-bond acceptors (Lipinski definition) is 3. The maximum atomic E-state index is 11.9. The maximum Gasteiger partial charge on any atom is 0.249 e. The fourth-order valence-electron chi connectivity index (χ4n) is 3.85. The van der Waals surface area contributed by atoms with E-state index in [9.17, 15) is 4.79 Å². The van der Waals surface area contributed by atoms with Crippen molar-refractivity contribution in [3.05, 3.63) is 82.9 Å². The standard InChI is InChI=1S/C22H16N2O2/c23-22(25)15-9-10-16(19-12-26-20-8-4-3-7-18(20)24-19)21-14-6-2-1-5-13(14)11-17(15)21/h1-10H,11-12H2,(H2,23,25). The molecule has 1 heterocycles. The number of nitrogens with two attached hydrogens (primary N) is 1. The Hall–Kier alpha value is -3.40. The van der Waals surface area contributed by atoms with Crippen LogP contribution in [0.4, 0.5) is 5.69 Å². The van der Waals surface area contributed by atoms with Gasteiger partial charge in [0, 0.05) is 11.1 Å². The molecular formula is C22H16N2O2. The van der Waals surface area contributed by atoms with E-state index in [-0.39, 0.29) is 0 Å². The van der Waals surface area contributed by atoms with E-state index in [1.165, 1.54) is 5.56 Å². The van der Waals surface area contributed by atoms with Crippen LogP contribution in [0.1, 0.15) is 27.0 Å². The number of para-hydroxylation sites is 2. The van der Waals surface area contributed by atoms with Crippen LogP contribution in [0.5, 0.6) is 5.75 Å². The molecule has 4 heteroatoms. The third-order valence-corrected chi connectivity index (χ3v) is 5.03. The van der Waals surface area contributed by atoms with Crippen LogP contribution in [-0.4, -0.2) is 18.2 Å². The van der Waals surface area contributed by atoms with Crippen molar-refractivity contribution < 1.29 is 9.53 Å². The molecule has 5 rings (SSSR count). The third-order valence-electron chi connectivity index (χ3n) is 5.03. The van der Waals surface area contributed by atoms with Gasteiger partial charge in [0.1, 0.15) is 18.0 Å². The van der Waals surface area contributed by atoms with Gasteiger partial charge in [-0.1, -0.05) is 42.5 Å². The van der Waals surface area contributed by atoms with Gasteiger partial charge in [-0.2, -0.15) is 0 Å². The highest BCUT2D eigenvalue weighted by atomic mass is 16.5. The molecule has 0 aromatic heterocycles. The molecule has 1 aliphatic carbocycles. The summed E-state index contributed by atoms with van der Waals surface area (Å²) in [5, 5.41) is 0. The van der Waals surface area contributed by atoms with Crippen molar-refractivity contribution in [3.63, 3.8) is 0 Å². The van der Waals surface area contributed by atoms with Crippen molar-refractivity contribution >= 4 is 17.3 Å². The summed E-state index contributed by atoms with van der Waals surface area (Å²) in [5.41, 5.74) is 13.3. The molecule has 26 heavy (non-hydrogen) atoms. The summed E-state index contributed by atoms with van der Waals surface area (Å²) in [5.74, 6) is 0.398. The molecule has 126 valence electrons. The monoisotopic (exact) mass is 340 g/mol. The molecule has 1 aliphatic heterocycles. The molecule has 0 atom stereocenters. The fraction of sp³-hybridized carbons (Fsp3) is 0.0909. The first-order valence-corrected chi connectivity index (χ1v) is 8.56. The second kappa shape index (κ2) is 5.56. The van der Waals surface area contributed by atoms with Crippen LogP contribution in [0, 0.1) is 0 Å². The van der Waals surface area contributed by atoms with Gasteiger partial charge in [0.05, 0.1) is 5.71 Å². The van der Waals surface area contributed by atoms with Crippen LogP contribution in [0.2, 0.25) is 0 Å². The summed E-state index contributed by atoms with van der Waals surface area (Å²) in [6, 6.07) is 19.7. The van der Waals surface area contributed by atoms with Crippen molar-refractivity contribution in [2.45, 2.75) is 6.42 Å². The van der Waals surface area contributed by atoms with E-state index in [1.54, 1.807) is 0 Å². The van der Waals surface area contributed by atoms with Crippen molar-refractivity contribution in [1.29, 1.82) is 0 Å². The number of aliphatic imine (C=N–C) groups is 1. The van der Waals surface area contributed by atoms with Gasteiger partial charge in [-0.05, 0) is 46.9 Å². The van der Waals surface area contributed by atoms with Gasteiger partial charge >= 0.3 is 0 Å². The Bertz CT molecular complexity index is 1100. The van der Waals surface area contributed by atoms with Gasteiger partial charge < -0.3 is 10.5 Å². The lowest BCUT2D eigenvalue weighted by Gasteiger charge is -2.19. The second-order valence-corrected chi connectivity index (χ2v) is 6.53. The molecule has 4 nitrogen and oxygen atoms in total. The Morgan fingerprint density at radius 3 is 2.65 bits per heavy atom. The minimum Gasteiger partial charge on any atom is -0.485 e. The lowest BCUT2D eigenvalue weighted by molar-refractivity contribution is 0.0999. The minimum absolute atomic E-state index is 0.396. The quantitative estimate of drug-likeness (QED) is 0.602. The fourth-order valence-corrected chi connectivity index (χ4v) is 3.85. The number of amides is 1. The van der Waals surface area contributed by atoms with Gasteiger partial charge in [0.2, 0.25) is 5.91 Å². The average Bonchev–Trinajstić information content (AvgIpc) is 3.06. The minimum atomic E-state index is -0.396. The molecule has 0 fully saturated rings. The Kier molecular flexibility index (Phi) is 3.19. The Balaban J connectivity index is 1.75. The summed E-state index contributed by atoms with van der Waals surface area (Å²) in [4.78, 5) is 16.7. The summed E-state index contributed by atoms with van der Waals surface area (Å²) in [6.45, 7) is 0.404. The Morgan fingerprint density at radius 1 is 0.962 bits per heavy atom. The van der Waals surface area contributed by atoms with Gasteiger partial charge in [-0.3, -0.25) is 4.79 Å². The van der Waals surface area contributed by atoms with Crippen LogP contribution < -0.4 is 10.5 Å². The molecule has 3 aromatic carbocycles. The number of carbonyl (C=O) groups is 1. The summed E-state index contributed by atoms with van der Waals surface area (Å²) < 4.78 is 5.89. The first kappa shape index (κ1) is 14.9. The molecule has 0 bridgehead atoms. The van der Waals surface area contributed by atoms with E-state index in [4.69, 9.17) is 15.5 Å². The lowest BCUT2D eigenvalue weighted by atomic mass is 9.92. The van der Waals surface area contributed by atoms with Gasteiger partial charge in [0.15, 0.2) is 0 Å². The second-order valence-electron chi connectivity index (χ2n) is 6.53. The van der Waals surface area contributed by atoms with Gasteiger partial charge in [-0.25, -0.2) is 4.99 Å². The zero-order valence-electron chi connectivity index (χ0n) is 14.0. The highest BCUT2D eigenvalue weighted by Gasteiger charge is 2.28. The van der Waals surface area contributed by atoms with Crippen LogP contribution in [0.15, 0.2) is 65.7 Å². The van der Waals surface area contributed by atoms with Crippen molar-refractivity contribution in [2.24, 2.45) is 10.7 Å². The Labute approximate surface area is 151 Å². The van der Waals surface area contributed by atoms with E-state index >= 15 is 0 Å². The molecule has 0 saturated carbocycles. The van der Waals surface area contributed by atoms with E-state index in [0.29, 0.717) is 18.6 Å². The average molecular weight is 340 g/mol. The first-order valence-electron chi connectivity index (χ1n) is 8.56. The first-order chi connectivity index (χ1) is 12.7. The van der Waals surface area contributed by atoms with Crippen LogP contribution in [0.25, 0.3) is 11.1 Å². The predicted octanol–water partition coefficient (Wildman–Crippen LogP) is 3.87. The zero-order valence-corrected chi connectivity index (χ0v) is 14.0. The van der Waals surface area contributed by atoms with E-state index in [0.717, 1.165) is 39.4 Å². The molecule has 0 unspecified atom stereocenters. The molecule has 0 spiro atoms. The van der Waals surface area contributed by atoms with Gasteiger partial charge in [0.25, 0.3) is 0 Å². The summed E-state index contributed by atoms with van der Waals surface area (Å²) in [7, 11) is 0. The van der Waals surface area contributed by atoms with Crippen molar-refractivity contribution in [2.75, 3.05) is 6.61 Å². The van der Waals surface area contributed by atoms with Crippen LogP contribution >= 0.6 is 0 Å². The van der Waals surface area contributed by atoms with E-state index in [1.807, 2.05) is 48.5 Å². The normalized spacial score (nSPS) is 13.9. The number of benzene rings is 3. The molecule has 0 radical (unpaired) electrons. The van der Waals surface area contributed by atoms with Crippen LogP contribution in [-0.2, 0) is 6.42 Å². The number of nitrogens with zero attached hydrogens (tertiary/aromatic N) is 1. The SMILES string of the molecule is NC(=O)c1ccc(C2=Nc3ccccc3OC2)c2c1Cc1ccccc1-2. The molecule has 2 aliphatic rings. The smallest absolute Gasteiger partial charge is 0.249 e. The molecule has 0 saturated heterocycles. The number of ether oxygens (including phenoxy) is 1. The number of carbonyl (C=O) groups excluding carboxylic acids is 1. The summed E-state index contributed by atoms with van der Waals surface area (Å²) >= 11 is 0. The lowest BCUT2D eigenvalue weighted by Crippen LogP contribution is -2.19. The Morgan fingerprint density at radius 2 is 1.77 bits per heavy atom. The number of rotatable bonds is 2. The number of primary amides is 1. The third kappa shape index (κ3) is 2.15. The number of hydrogen-bond donors (Lipinski definition) is 1. The van der Waals surface area contributed by atoms with E-state index in [2.05, 4.69) is 12.1 Å². The van der Waals surface area contributed by atoms with Crippen molar-refractivity contribution in [1.82, 2.24) is 0 Å². The maximum absolute atomic E-state index is 11.9.